The van der Waals surface area contributed by atoms with Crippen LogP contribution in [0.15, 0.2) is 30.6 Å². The van der Waals surface area contributed by atoms with Crippen molar-refractivity contribution in [2.45, 2.75) is 19.3 Å². The van der Waals surface area contributed by atoms with Crippen LogP contribution in [-0.2, 0) is 12.8 Å². The molecule has 2 aromatic heterocycles. The number of carbonyl (C=O) groups excluding carboxylic acids is 1. The lowest BCUT2D eigenvalue weighted by Gasteiger charge is -2.08. The van der Waals surface area contributed by atoms with Gasteiger partial charge in [-0.15, -0.1) is 11.3 Å². The molecule has 0 fully saturated rings. The van der Waals surface area contributed by atoms with E-state index in [0.717, 1.165) is 34.6 Å². The summed E-state index contributed by atoms with van der Waals surface area (Å²) in [5.41, 5.74) is 8.02. The number of benzene rings is 1. The molecule has 0 saturated heterocycles. The van der Waals surface area contributed by atoms with E-state index in [9.17, 15) is 4.79 Å². The number of carbonyl (C=O) groups is 1. The average Bonchev–Trinajstić information content (AvgIpc) is 3.08. The van der Waals surface area contributed by atoms with Crippen LogP contribution in [0.2, 0.25) is 0 Å². The van der Waals surface area contributed by atoms with E-state index in [1.165, 1.54) is 16.9 Å². The number of rotatable bonds is 3. The van der Waals surface area contributed by atoms with Crippen LogP contribution in [0.3, 0.4) is 0 Å². The maximum absolute atomic E-state index is 11.1. The maximum atomic E-state index is 11.1. The topological polar surface area (TPSA) is 80.9 Å². The highest BCUT2D eigenvalue weighted by atomic mass is 32.1. The molecule has 0 atom stereocenters. The number of amides is 1. The van der Waals surface area contributed by atoms with Crippen molar-refractivity contribution in [2.24, 2.45) is 5.73 Å². The summed E-state index contributed by atoms with van der Waals surface area (Å²) >= 11 is 1.77. The highest BCUT2D eigenvalue weighted by Crippen LogP contribution is 2.39. The van der Waals surface area contributed by atoms with Crippen LogP contribution in [0.5, 0.6) is 0 Å². The zero-order valence-electron chi connectivity index (χ0n) is 11.8. The van der Waals surface area contributed by atoms with Gasteiger partial charge >= 0.3 is 0 Å². The van der Waals surface area contributed by atoms with Gasteiger partial charge in [-0.3, -0.25) is 4.79 Å². The van der Waals surface area contributed by atoms with Gasteiger partial charge in [-0.1, -0.05) is 0 Å². The molecule has 3 aromatic rings. The minimum absolute atomic E-state index is 0.424. The number of fused-ring (bicyclic) bond motifs is 3. The van der Waals surface area contributed by atoms with Crippen molar-refractivity contribution < 1.29 is 4.79 Å². The molecule has 1 aliphatic rings. The molecule has 0 bridgehead atoms. The summed E-state index contributed by atoms with van der Waals surface area (Å²) in [6.45, 7) is 0. The second-order valence-electron chi connectivity index (χ2n) is 5.33. The highest BCUT2D eigenvalue weighted by Gasteiger charge is 2.21. The molecule has 6 heteroatoms. The van der Waals surface area contributed by atoms with Crippen molar-refractivity contribution in [3.8, 4) is 0 Å². The van der Waals surface area contributed by atoms with E-state index in [1.54, 1.807) is 29.8 Å². The van der Waals surface area contributed by atoms with E-state index >= 15 is 0 Å². The van der Waals surface area contributed by atoms with Gasteiger partial charge in [-0.2, -0.15) is 0 Å². The Balaban J connectivity index is 1.73. The molecule has 1 aromatic carbocycles. The number of nitrogens with two attached hydrogens (primary N) is 1. The van der Waals surface area contributed by atoms with Crippen molar-refractivity contribution in [3.05, 3.63) is 46.6 Å². The van der Waals surface area contributed by atoms with Gasteiger partial charge in [-0.05, 0) is 49.1 Å². The molecule has 0 spiro atoms. The third-order valence-corrected chi connectivity index (χ3v) is 5.13. The third kappa shape index (κ3) is 2.12. The van der Waals surface area contributed by atoms with Crippen LogP contribution in [0, 0.1) is 0 Å². The largest absolute Gasteiger partial charge is 0.366 e. The summed E-state index contributed by atoms with van der Waals surface area (Å²) in [6, 6.07) is 7.09. The number of aryl methyl sites for hydroxylation is 2. The predicted octanol–water partition coefficient (Wildman–Crippen LogP) is 3.02. The number of aromatic nitrogens is 2. The molecule has 5 nitrogen and oxygen atoms in total. The van der Waals surface area contributed by atoms with Crippen LogP contribution in [0.1, 0.15) is 27.2 Å². The fourth-order valence-corrected chi connectivity index (χ4v) is 4.11. The first-order valence-corrected chi connectivity index (χ1v) is 7.96. The molecule has 2 heterocycles. The van der Waals surface area contributed by atoms with E-state index < -0.39 is 5.91 Å². The lowest BCUT2D eigenvalue weighted by Crippen LogP contribution is -2.10. The van der Waals surface area contributed by atoms with E-state index in [0.29, 0.717) is 5.56 Å². The van der Waals surface area contributed by atoms with Gasteiger partial charge < -0.3 is 11.1 Å². The quantitative estimate of drug-likeness (QED) is 0.779. The molecule has 4 rings (SSSR count). The number of hydrogen-bond donors (Lipinski definition) is 2. The van der Waals surface area contributed by atoms with Gasteiger partial charge in [-0.25, -0.2) is 9.97 Å². The zero-order chi connectivity index (χ0) is 15.1. The smallest absolute Gasteiger partial charge is 0.248 e. The summed E-state index contributed by atoms with van der Waals surface area (Å²) in [4.78, 5) is 22.4. The van der Waals surface area contributed by atoms with Gasteiger partial charge in [0.1, 0.15) is 17.0 Å². The number of thiophene rings is 1. The number of hydrogen-bond acceptors (Lipinski definition) is 5. The van der Waals surface area contributed by atoms with Gasteiger partial charge in [0.15, 0.2) is 0 Å². The predicted molar refractivity (Wildman–Crippen MR) is 87.7 cm³/mol. The van der Waals surface area contributed by atoms with Crippen LogP contribution in [-0.4, -0.2) is 15.9 Å². The van der Waals surface area contributed by atoms with Crippen LogP contribution in [0.4, 0.5) is 11.5 Å². The second kappa shape index (κ2) is 5.06. The Kier molecular flexibility index (Phi) is 3.04. The number of nitrogens with zero attached hydrogens (tertiary/aromatic N) is 2. The molecule has 1 amide bonds. The van der Waals surface area contributed by atoms with Crippen LogP contribution < -0.4 is 11.1 Å². The van der Waals surface area contributed by atoms with Crippen molar-refractivity contribution in [3.63, 3.8) is 0 Å². The third-order valence-electron chi connectivity index (χ3n) is 3.93. The Bertz CT molecular complexity index is 870. The Morgan fingerprint density at radius 3 is 2.77 bits per heavy atom. The summed E-state index contributed by atoms with van der Waals surface area (Å²) < 4.78 is 0. The fraction of sp³-hybridized carbons (Fsp3) is 0.188. The lowest BCUT2D eigenvalue weighted by molar-refractivity contribution is 0.100. The van der Waals surface area contributed by atoms with Crippen molar-refractivity contribution >= 4 is 39.0 Å². The van der Waals surface area contributed by atoms with Gasteiger partial charge in [0, 0.05) is 16.1 Å². The monoisotopic (exact) mass is 310 g/mol. The second-order valence-corrected chi connectivity index (χ2v) is 6.41. The number of primary amides is 1. The van der Waals surface area contributed by atoms with E-state index in [1.807, 2.05) is 12.1 Å². The first kappa shape index (κ1) is 13.2. The van der Waals surface area contributed by atoms with Crippen molar-refractivity contribution in [1.29, 1.82) is 0 Å². The first-order valence-electron chi connectivity index (χ1n) is 7.14. The van der Waals surface area contributed by atoms with Gasteiger partial charge in [0.25, 0.3) is 0 Å². The molecule has 110 valence electrons. The lowest BCUT2D eigenvalue weighted by atomic mass is 10.1. The van der Waals surface area contributed by atoms with Gasteiger partial charge in [0.2, 0.25) is 5.91 Å². The van der Waals surface area contributed by atoms with Crippen molar-refractivity contribution in [1.82, 2.24) is 9.97 Å². The zero-order valence-corrected chi connectivity index (χ0v) is 12.6. The SMILES string of the molecule is NC(=O)c1ccc(Nc2ncnc3sc4c(c23)CCC4)cc1. The molecular weight excluding hydrogens is 296 g/mol. The normalized spacial score (nSPS) is 13.3. The average molecular weight is 310 g/mol. The van der Waals surface area contributed by atoms with Crippen LogP contribution in [0.25, 0.3) is 10.2 Å². The maximum Gasteiger partial charge on any atom is 0.248 e. The van der Waals surface area contributed by atoms with E-state index in [-0.39, 0.29) is 0 Å². The summed E-state index contributed by atoms with van der Waals surface area (Å²) in [7, 11) is 0. The number of nitrogens with one attached hydrogen (secondary N) is 1. The summed E-state index contributed by atoms with van der Waals surface area (Å²) in [5.74, 6) is 0.405. The fourth-order valence-electron chi connectivity index (χ4n) is 2.88. The Morgan fingerprint density at radius 2 is 2.00 bits per heavy atom. The Labute approximate surface area is 131 Å². The highest BCUT2D eigenvalue weighted by molar-refractivity contribution is 7.19. The summed E-state index contributed by atoms with van der Waals surface area (Å²) in [6.07, 6.45) is 5.04. The Morgan fingerprint density at radius 1 is 1.18 bits per heavy atom. The minimum Gasteiger partial charge on any atom is -0.366 e. The molecular formula is C16H14N4OS. The molecule has 0 radical (unpaired) electrons. The molecule has 0 unspecified atom stereocenters. The molecule has 0 saturated carbocycles. The minimum atomic E-state index is -0.424. The Hall–Kier alpha value is -2.47. The first-order chi connectivity index (χ1) is 10.7. The standard InChI is InChI=1S/C16H14N4OS/c17-14(21)9-4-6-10(7-5-9)20-15-13-11-2-1-3-12(11)22-16(13)19-8-18-15/h4-8H,1-3H2,(H2,17,21)(H,18,19,20). The van der Waals surface area contributed by atoms with Crippen molar-refractivity contribution in [2.75, 3.05) is 5.32 Å². The van der Waals surface area contributed by atoms with Crippen LogP contribution >= 0.6 is 11.3 Å². The molecule has 3 N–H and O–H groups in total. The van der Waals surface area contributed by atoms with Gasteiger partial charge in [0.05, 0.1) is 5.39 Å². The molecule has 0 aliphatic heterocycles. The van der Waals surface area contributed by atoms with E-state index in [4.69, 9.17) is 5.73 Å². The number of anilines is 2. The summed E-state index contributed by atoms with van der Waals surface area (Å²) in [5, 5.41) is 4.47. The molecule has 22 heavy (non-hydrogen) atoms. The van der Waals surface area contributed by atoms with E-state index in [2.05, 4.69) is 15.3 Å². The molecule has 1 aliphatic carbocycles.